The van der Waals surface area contributed by atoms with Crippen LogP contribution in [-0.4, -0.2) is 30.9 Å². The number of rotatable bonds is 4. The average Bonchev–Trinajstić information content (AvgIpc) is 3.15. The summed E-state index contributed by atoms with van der Waals surface area (Å²) in [7, 11) is 1.83. The van der Waals surface area contributed by atoms with Gasteiger partial charge in [0.15, 0.2) is 5.82 Å². The maximum Gasteiger partial charge on any atom is 0.255 e. The fourth-order valence-corrected chi connectivity index (χ4v) is 2.00. The third-order valence-corrected chi connectivity index (χ3v) is 3.16. The minimum absolute atomic E-state index is 0.203. The lowest BCUT2D eigenvalue weighted by atomic mass is 10.1. The number of nitrogens with one attached hydrogen (secondary N) is 2. The quantitative estimate of drug-likeness (QED) is 0.751. The predicted molar refractivity (Wildman–Crippen MR) is 76.2 cm³/mol. The molecule has 0 saturated heterocycles. The normalized spacial score (nSPS) is 10.5. The van der Waals surface area contributed by atoms with Crippen molar-refractivity contribution in [2.75, 3.05) is 0 Å². The highest BCUT2D eigenvalue weighted by molar-refractivity contribution is 5.99. The Kier molecular flexibility index (Phi) is 3.46. The summed E-state index contributed by atoms with van der Waals surface area (Å²) in [5.41, 5.74) is 2.12. The molecule has 2 N–H and O–H groups in total. The molecular weight excluding hydrogens is 268 g/mol. The predicted octanol–water partition coefficient (Wildman–Crippen LogP) is 1.14. The van der Waals surface area contributed by atoms with Crippen molar-refractivity contribution in [3.05, 3.63) is 54.2 Å². The van der Waals surface area contributed by atoms with E-state index < -0.39 is 0 Å². The highest BCUT2D eigenvalue weighted by Crippen LogP contribution is 2.20. The molecule has 0 aliphatic carbocycles. The van der Waals surface area contributed by atoms with E-state index in [9.17, 15) is 4.79 Å². The number of aromatic nitrogens is 5. The smallest absolute Gasteiger partial charge is 0.255 e. The van der Waals surface area contributed by atoms with Crippen molar-refractivity contribution in [3.8, 4) is 11.3 Å². The van der Waals surface area contributed by atoms with E-state index in [4.69, 9.17) is 0 Å². The average molecular weight is 282 g/mol. The summed E-state index contributed by atoms with van der Waals surface area (Å²) in [4.78, 5) is 12.3. The van der Waals surface area contributed by atoms with E-state index in [1.807, 2.05) is 37.4 Å². The first kappa shape index (κ1) is 13.0. The molecule has 0 aliphatic heterocycles. The summed E-state index contributed by atoms with van der Waals surface area (Å²) in [6, 6.07) is 9.60. The first-order valence-corrected chi connectivity index (χ1v) is 6.45. The molecule has 106 valence electrons. The summed E-state index contributed by atoms with van der Waals surface area (Å²) in [6.45, 7) is 0.314. The number of amides is 1. The van der Waals surface area contributed by atoms with Crippen LogP contribution in [0.1, 0.15) is 16.2 Å². The van der Waals surface area contributed by atoms with Gasteiger partial charge >= 0.3 is 0 Å². The van der Waals surface area contributed by atoms with Crippen LogP contribution in [0.15, 0.2) is 42.9 Å². The van der Waals surface area contributed by atoms with Gasteiger partial charge in [-0.25, -0.2) is 0 Å². The lowest BCUT2D eigenvalue weighted by molar-refractivity contribution is 0.0950. The molecule has 0 saturated carbocycles. The van der Waals surface area contributed by atoms with Crippen molar-refractivity contribution >= 4 is 5.91 Å². The largest absolute Gasteiger partial charge is 0.345 e. The van der Waals surface area contributed by atoms with Crippen molar-refractivity contribution in [2.24, 2.45) is 7.05 Å². The number of carbonyl (C=O) groups excluding carboxylic acids is 1. The van der Waals surface area contributed by atoms with Gasteiger partial charge in [-0.3, -0.25) is 9.89 Å². The zero-order valence-corrected chi connectivity index (χ0v) is 11.4. The van der Waals surface area contributed by atoms with Gasteiger partial charge in [0.2, 0.25) is 0 Å². The summed E-state index contributed by atoms with van der Waals surface area (Å²) < 4.78 is 1.76. The Bertz CT molecular complexity index is 746. The van der Waals surface area contributed by atoms with Crippen molar-refractivity contribution in [2.45, 2.75) is 6.54 Å². The summed E-state index contributed by atoms with van der Waals surface area (Å²) >= 11 is 0. The van der Waals surface area contributed by atoms with Crippen LogP contribution in [-0.2, 0) is 13.6 Å². The van der Waals surface area contributed by atoms with Gasteiger partial charge in [0.25, 0.3) is 5.91 Å². The molecule has 0 bridgehead atoms. The van der Waals surface area contributed by atoms with E-state index in [0.717, 1.165) is 5.56 Å². The Balaban J connectivity index is 1.77. The lowest BCUT2D eigenvalue weighted by Crippen LogP contribution is -2.24. The Morgan fingerprint density at radius 3 is 2.86 bits per heavy atom. The zero-order valence-electron chi connectivity index (χ0n) is 11.4. The van der Waals surface area contributed by atoms with E-state index in [-0.39, 0.29) is 5.91 Å². The number of H-pyrrole nitrogens is 1. The lowest BCUT2D eigenvalue weighted by Gasteiger charge is -2.05. The molecule has 21 heavy (non-hydrogen) atoms. The van der Waals surface area contributed by atoms with Gasteiger partial charge in [-0.2, -0.15) is 5.10 Å². The fraction of sp³-hybridized carbons (Fsp3) is 0.143. The van der Waals surface area contributed by atoms with Crippen LogP contribution >= 0.6 is 0 Å². The van der Waals surface area contributed by atoms with E-state index in [1.54, 1.807) is 10.9 Å². The Labute approximate surface area is 121 Å². The third-order valence-electron chi connectivity index (χ3n) is 3.16. The minimum Gasteiger partial charge on any atom is -0.345 e. The molecular formula is C14H14N6O. The number of hydrogen-bond acceptors (Lipinski definition) is 4. The standard InChI is InChI=1S/C14H14N6O/c1-20-9-17-18-12(20)8-15-14(21)11-7-16-19-13(11)10-5-3-2-4-6-10/h2-7,9H,8H2,1H3,(H,15,21)(H,16,19). The molecule has 0 fully saturated rings. The van der Waals surface area contributed by atoms with Crippen LogP contribution in [0.3, 0.4) is 0 Å². The third kappa shape index (κ3) is 2.66. The van der Waals surface area contributed by atoms with E-state index in [1.165, 1.54) is 6.20 Å². The van der Waals surface area contributed by atoms with Crippen molar-refractivity contribution in [1.29, 1.82) is 0 Å². The second-order valence-electron chi connectivity index (χ2n) is 4.57. The highest BCUT2D eigenvalue weighted by atomic mass is 16.1. The second-order valence-corrected chi connectivity index (χ2v) is 4.57. The molecule has 1 amide bonds. The van der Waals surface area contributed by atoms with Gasteiger partial charge in [-0.1, -0.05) is 30.3 Å². The topological polar surface area (TPSA) is 88.5 Å². The van der Waals surface area contributed by atoms with Gasteiger partial charge in [-0.05, 0) is 0 Å². The van der Waals surface area contributed by atoms with Crippen LogP contribution < -0.4 is 5.32 Å². The molecule has 0 radical (unpaired) electrons. The molecule has 0 unspecified atom stereocenters. The monoisotopic (exact) mass is 282 g/mol. The van der Waals surface area contributed by atoms with Gasteiger partial charge < -0.3 is 9.88 Å². The van der Waals surface area contributed by atoms with Gasteiger partial charge in [-0.15, -0.1) is 10.2 Å². The summed E-state index contributed by atoms with van der Waals surface area (Å²) in [5, 5.41) is 17.3. The molecule has 3 aromatic rings. The first-order valence-electron chi connectivity index (χ1n) is 6.45. The van der Waals surface area contributed by atoms with Crippen LogP contribution in [0.25, 0.3) is 11.3 Å². The van der Waals surface area contributed by atoms with Crippen LogP contribution in [0.2, 0.25) is 0 Å². The zero-order chi connectivity index (χ0) is 14.7. The minimum atomic E-state index is -0.203. The van der Waals surface area contributed by atoms with E-state index in [2.05, 4.69) is 25.7 Å². The van der Waals surface area contributed by atoms with Crippen molar-refractivity contribution in [3.63, 3.8) is 0 Å². The molecule has 7 heteroatoms. The van der Waals surface area contributed by atoms with Gasteiger partial charge in [0.05, 0.1) is 24.0 Å². The summed E-state index contributed by atoms with van der Waals surface area (Å²) in [5.74, 6) is 0.485. The van der Waals surface area contributed by atoms with E-state index >= 15 is 0 Å². The Morgan fingerprint density at radius 2 is 2.14 bits per heavy atom. The van der Waals surface area contributed by atoms with Crippen LogP contribution in [0.5, 0.6) is 0 Å². The number of aryl methyl sites for hydroxylation is 1. The fourth-order valence-electron chi connectivity index (χ4n) is 2.00. The molecule has 1 aromatic carbocycles. The van der Waals surface area contributed by atoms with Crippen molar-refractivity contribution in [1.82, 2.24) is 30.3 Å². The van der Waals surface area contributed by atoms with Crippen LogP contribution in [0, 0.1) is 0 Å². The Hall–Kier alpha value is -2.96. The maximum atomic E-state index is 12.3. The number of benzene rings is 1. The highest BCUT2D eigenvalue weighted by Gasteiger charge is 2.15. The number of aromatic amines is 1. The number of hydrogen-bond donors (Lipinski definition) is 2. The van der Waals surface area contributed by atoms with E-state index in [0.29, 0.717) is 23.6 Å². The first-order chi connectivity index (χ1) is 10.3. The summed E-state index contributed by atoms with van der Waals surface area (Å²) in [6.07, 6.45) is 3.11. The van der Waals surface area contributed by atoms with Crippen LogP contribution in [0.4, 0.5) is 0 Å². The maximum absolute atomic E-state index is 12.3. The number of carbonyl (C=O) groups is 1. The molecule has 2 heterocycles. The van der Waals surface area contributed by atoms with Gasteiger partial charge in [0.1, 0.15) is 6.33 Å². The molecule has 2 aromatic heterocycles. The number of nitrogens with zero attached hydrogens (tertiary/aromatic N) is 4. The SMILES string of the molecule is Cn1cnnc1CNC(=O)c1cn[nH]c1-c1ccccc1. The molecule has 0 aliphatic rings. The van der Waals surface area contributed by atoms with Gasteiger partial charge in [0, 0.05) is 12.6 Å². The molecule has 3 rings (SSSR count). The molecule has 0 spiro atoms. The molecule has 7 nitrogen and oxygen atoms in total. The van der Waals surface area contributed by atoms with Crippen molar-refractivity contribution < 1.29 is 4.79 Å². The second kappa shape index (κ2) is 5.58. The molecule has 0 atom stereocenters. The Morgan fingerprint density at radius 1 is 1.33 bits per heavy atom.